The third-order valence-electron chi connectivity index (χ3n) is 3.96. The first-order valence-corrected chi connectivity index (χ1v) is 9.31. The predicted octanol–water partition coefficient (Wildman–Crippen LogP) is 5.56. The highest BCUT2D eigenvalue weighted by Gasteiger charge is 2.28. The first-order chi connectivity index (χ1) is 11.7. The minimum Gasteiger partial charge on any atom is -0.364 e. The summed E-state index contributed by atoms with van der Waals surface area (Å²) in [5.74, 6) is 0.987. The van der Waals surface area contributed by atoms with Crippen molar-refractivity contribution in [3.05, 3.63) is 41.4 Å². The predicted molar refractivity (Wildman–Crippen MR) is 105 cm³/mol. The monoisotopic (exact) mass is 352 g/mol. The Morgan fingerprint density at radius 3 is 2.68 bits per heavy atom. The van der Waals surface area contributed by atoms with Crippen LogP contribution in [0.25, 0.3) is 16.2 Å². The Balaban J connectivity index is 2.07. The highest BCUT2D eigenvalue weighted by Crippen LogP contribution is 2.35. The Labute approximate surface area is 153 Å². The lowest BCUT2D eigenvalue weighted by atomic mass is 9.82. The van der Waals surface area contributed by atoms with Crippen LogP contribution in [0, 0.1) is 16.7 Å². The van der Waals surface area contributed by atoms with Crippen molar-refractivity contribution in [2.45, 2.75) is 46.6 Å². The van der Waals surface area contributed by atoms with Gasteiger partial charge in [-0.25, -0.2) is 4.98 Å². The number of fused-ring (bicyclic) bond motifs is 1. The van der Waals surface area contributed by atoms with Crippen LogP contribution in [0.15, 0.2) is 35.8 Å². The second-order valence-electron chi connectivity index (χ2n) is 8.30. The molecular weight excluding hydrogens is 328 g/mol. The number of benzene rings is 1. The highest BCUT2D eigenvalue weighted by molar-refractivity contribution is 7.15. The Morgan fingerprint density at radius 2 is 2.00 bits per heavy atom. The molecule has 2 heterocycles. The summed E-state index contributed by atoms with van der Waals surface area (Å²) in [5.41, 5.74) is 2.64. The van der Waals surface area contributed by atoms with Crippen molar-refractivity contribution in [1.82, 2.24) is 9.38 Å². The van der Waals surface area contributed by atoms with Crippen molar-refractivity contribution < 1.29 is 0 Å². The molecule has 0 radical (unpaired) electrons. The van der Waals surface area contributed by atoms with Crippen LogP contribution in [0.3, 0.4) is 0 Å². The summed E-state index contributed by atoms with van der Waals surface area (Å²) < 4.78 is 2.10. The average Bonchev–Trinajstić information content (AvgIpc) is 3.07. The standard InChI is InChI=1S/C20H24N4S/c1-19(2,3)13-20(4,5)23-17-16(22-18-24(17)9-10-25-18)15-8-6-7-14(11-15)12-21/h6-11,23H,13H2,1-5H3. The van der Waals surface area contributed by atoms with Gasteiger partial charge in [0.25, 0.3) is 0 Å². The maximum absolute atomic E-state index is 9.20. The zero-order chi connectivity index (χ0) is 18.2. The Kier molecular flexibility index (Phi) is 4.34. The summed E-state index contributed by atoms with van der Waals surface area (Å²) in [7, 11) is 0. The largest absolute Gasteiger partial charge is 0.364 e. The molecule has 0 aliphatic rings. The van der Waals surface area contributed by atoms with Crippen LogP contribution < -0.4 is 5.32 Å². The van der Waals surface area contributed by atoms with Crippen molar-refractivity contribution in [2.75, 3.05) is 5.32 Å². The van der Waals surface area contributed by atoms with E-state index in [0.29, 0.717) is 5.56 Å². The first-order valence-electron chi connectivity index (χ1n) is 8.43. The van der Waals surface area contributed by atoms with Crippen molar-refractivity contribution in [2.24, 2.45) is 5.41 Å². The van der Waals surface area contributed by atoms with E-state index in [4.69, 9.17) is 4.98 Å². The van der Waals surface area contributed by atoms with Crippen molar-refractivity contribution in [3.8, 4) is 17.3 Å². The SMILES string of the molecule is CC(C)(C)CC(C)(C)Nc1c(-c2cccc(C#N)c2)nc2sccn12. The molecule has 4 nitrogen and oxygen atoms in total. The number of nitrogens with one attached hydrogen (secondary N) is 1. The van der Waals surface area contributed by atoms with E-state index in [2.05, 4.69) is 50.4 Å². The molecule has 0 amide bonds. The number of rotatable bonds is 4. The number of aromatic nitrogens is 2. The zero-order valence-corrected chi connectivity index (χ0v) is 16.2. The first kappa shape index (κ1) is 17.5. The maximum Gasteiger partial charge on any atom is 0.195 e. The number of anilines is 1. The number of imidazole rings is 1. The van der Waals surface area contributed by atoms with Crippen LogP contribution in [0.2, 0.25) is 0 Å². The van der Waals surface area contributed by atoms with Gasteiger partial charge in [0, 0.05) is 22.7 Å². The lowest BCUT2D eigenvalue weighted by molar-refractivity contribution is 0.302. The molecular formula is C20H24N4S. The van der Waals surface area contributed by atoms with E-state index in [1.165, 1.54) is 0 Å². The van der Waals surface area contributed by atoms with E-state index in [1.54, 1.807) is 11.3 Å². The molecule has 0 spiro atoms. The number of nitrogens with zero attached hydrogens (tertiary/aromatic N) is 3. The molecule has 3 rings (SSSR count). The quantitative estimate of drug-likeness (QED) is 0.668. The smallest absolute Gasteiger partial charge is 0.195 e. The minimum absolute atomic E-state index is 0.0856. The van der Waals surface area contributed by atoms with Crippen LogP contribution in [0.1, 0.15) is 46.6 Å². The number of thiazole rings is 1. The molecule has 1 N–H and O–H groups in total. The summed E-state index contributed by atoms with van der Waals surface area (Å²) in [5, 5.41) is 15.0. The average molecular weight is 353 g/mol. The van der Waals surface area contributed by atoms with Crippen molar-refractivity contribution >= 4 is 22.1 Å². The summed E-state index contributed by atoms with van der Waals surface area (Å²) in [6, 6.07) is 9.84. The fourth-order valence-corrected chi connectivity index (χ4v) is 4.25. The topological polar surface area (TPSA) is 53.1 Å². The van der Waals surface area contributed by atoms with Gasteiger partial charge < -0.3 is 5.32 Å². The van der Waals surface area contributed by atoms with Crippen LogP contribution in [0.5, 0.6) is 0 Å². The molecule has 3 aromatic rings. The van der Waals surface area contributed by atoms with E-state index >= 15 is 0 Å². The van der Waals surface area contributed by atoms with Gasteiger partial charge in [0.2, 0.25) is 0 Å². The van der Waals surface area contributed by atoms with E-state index in [0.717, 1.165) is 28.5 Å². The lowest BCUT2D eigenvalue weighted by Crippen LogP contribution is -2.36. The molecule has 5 heteroatoms. The van der Waals surface area contributed by atoms with Gasteiger partial charge in [-0.15, -0.1) is 11.3 Å². The fourth-order valence-electron chi connectivity index (χ4n) is 3.53. The highest BCUT2D eigenvalue weighted by atomic mass is 32.1. The Morgan fingerprint density at radius 1 is 1.24 bits per heavy atom. The van der Waals surface area contributed by atoms with Gasteiger partial charge >= 0.3 is 0 Å². The molecule has 25 heavy (non-hydrogen) atoms. The van der Waals surface area contributed by atoms with Crippen LogP contribution in [-0.4, -0.2) is 14.9 Å². The van der Waals surface area contributed by atoms with Gasteiger partial charge in [-0.2, -0.15) is 5.26 Å². The molecule has 0 saturated heterocycles. The summed E-state index contributed by atoms with van der Waals surface area (Å²) in [6.07, 6.45) is 3.06. The van der Waals surface area contributed by atoms with Crippen molar-refractivity contribution in [1.29, 1.82) is 5.26 Å². The van der Waals surface area contributed by atoms with Crippen LogP contribution in [-0.2, 0) is 0 Å². The zero-order valence-electron chi connectivity index (χ0n) is 15.4. The molecule has 0 bridgehead atoms. The van der Waals surface area contributed by atoms with Crippen LogP contribution in [0.4, 0.5) is 5.82 Å². The fraction of sp³-hybridized carbons (Fsp3) is 0.400. The third-order valence-corrected chi connectivity index (χ3v) is 4.71. The molecule has 0 saturated carbocycles. The molecule has 2 aromatic heterocycles. The molecule has 130 valence electrons. The molecule has 0 aliphatic heterocycles. The van der Waals surface area contributed by atoms with E-state index in [1.807, 2.05) is 35.8 Å². The summed E-state index contributed by atoms with van der Waals surface area (Å²) >= 11 is 1.61. The lowest BCUT2D eigenvalue weighted by Gasteiger charge is -2.34. The number of nitriles is 1. The second kappa shape index (κ2) is 6.20. The minimum atomic E-state index is -0.0856. The Hall–Kier alpha value is -2.32. The van der Waals surface area contributed by atoms with E-state index < -0.39 is 0 Å². The van der Waals surface area contributed by atoms with Crippen molar-refractivity contribution in [3.63, 3.8) is 0 Å². The molecule has 0 aliphatic carbocycles. The summed E-state index contributed by atoms with van der Waals surface area (Å²) in [6.45, 7) is 11.2. The third kappa shape index (κ3) is 3.85. The van der Waals surface area contributed by atoms with Gasteiger partial charge in [0.05, 0.1) is 11.6 Å². The van der Waals surface area contributed by atoms with Crippen LogP contribution >= 0.6 is 11.3 Å². The van der Waals surface area contributed by atoms with Gasteiger partial charge in [-0.1, -0.05) is 32.9 Å². The molecule has 1 aromatic carbocycles. The maximum atomic E-state index is 9.20. The normalized spacial score (nSPS) is 12.3. The molecule has 0 fully saturated rings. The number of hydrogen-bond donors (Lipinski definition) is 1. The summed E-state index contributed by atoms with van der Waals surface area (Å²) in [4.78, 5) is 5.76. The van der Waals surface area contributed by atoms with Gasteiger partial charge in [0.15, 0.2) is 4.96 Å². The van der Waals surface area contributed by atoms with E-state index in [-0.39, 0.29) is 11.0 Å². The van der Waals surface area contributed by atoms with Gasteiger partial charge in [0.1, 0.15) is 11.5 Å². The van der Waals surface area contributed by atoms with Gasteiger partial charge in [-0.05, 0) is 37.8 Å². The van der Waals surface area contributed by atoms with Gasteiger partial charge in [-0.3, -0.25) is 4.40 Å². The molecule has 0 atom stereocenters. The number of hydrogen-bond acceptors (Lipinski definition) is 4. The molecule has 0 unspecified atom stereocenters. The van der Waals surface area contributed by atoms with E-state index in [9.17, 15) is 5.26 Å². The second-order valence-corrected chi connectivity index (χ2v) is 9.18. The Bertz CT molecular complexity index is 935.